The summed E-state index contributed by atoms with van der Waals surface area (Å²) in [6.07, 6.45) is 1.88. The molecule has 0 atom stereocenters. The Kier molecular flexibility index (Phi) is 5.52. The number of carbonyl (C=O) groups is 2. The fourth-order valence-electron chi connectivity index (χ4n) is 1.86. The van der Waals surface area contributed by atoms with Gasteiger partial charge in [0.25, 0.3) is 5.91 Å². The summed E-state index contributed by atoms with van der Waals surface area (Å²) in [6, 6.07) is 2.80. The number of hydrogen-bond acceptors (Lipinski definition) is 5. The van der Waals surface area contributed by atoms with E-state index in [1.807, 2.05) is 0 Å². The first-order chi connectivity index (χ1) is 9.66. The topological polar surface area (TPSA) is 101 Å². The predicted molar refractivity (Wildman–Crippen MR) is 80.4 cm³/mol. The van der Waals surface area contributed by atoms with E-state index >= 15 is 0 Å². The van der Waals surface area contributed by atoms with Gasteiger partial charge in [-0.05, 0) is 25.0 Å². The standard InChI is InChI=1S/C13H19NO5S2/c1-4-13(5-2,12(16)17)8-14-11(15)9-6-7-10(20-9)21(3,18)19/h6-7H,4-5,8H2,1-3H3,(H,14,15)(H,16,17). The summed E-state index contributed by atoms with van der Waals surface area (Å²) >= 11 is 0.875. The Balaban J connectivity index is 2.83. The average Bonchev–Trinajstić information content (AvgIpc) is 2.89. The number of carboxylic acids is 1. The normalized spacial score (nSPS) is 12.1. The van der Waals surface area contributed by atoms with Gasteiger partial charge in [-0.25, -0.2) is 8.42 Å². The lowest BCUT2D eigenvalue weighted by Crippen LogP contribution is -2.42. The summed E-state index contributed by atoms with van der Waals surface area (Å²) in [5.41, 5.74) is -0.993. The lowest BCUT2D eigenvalue weighted by atomic mass is 9.82. The van der Waals surface area contributed by atoms with E-state index in [-0.39, 0.29) is 15.6 Å². The van der Waals surface area contributed by atoms with Crippen molar-refractivity contribution in [2.75, 3.05) is 12.8 Å². The zero-order chi connectivity index (χ0) is 16.3. The maximum absolute atomic E-state index is 12.0. The Morgan fingerprint density at radius 1 is 1.29 bits per heavy atom. The molecular formula is C13H19NO5S2. The molecule has 0 aliphatic heterocycles. The number of hydrogen-bond donors (Lipinski definition) is 2. The zero-order valence-electron chi connectivity index (χ0n) is 12.2. The van der Waals surface area contributed by atoms with E-state index in [1.165, 1.54) is 12.1 Å². The minimum atomic E-state index is -3.34. The lowest BCUT2D eigenvalue weighted by Gasteiger charge is -2.26. The molecule has 1 aromatic heterocycles. The molecule has 1 heterocycles. The molecule has 1 aromatic rings. The van der Waals surface area contributed by atoms with Gasteiger partial charge in [0.05, 0.1) is 10.3 Å². The van der Waals surface area contributed by atoms with Crippen molar-refractivity contribution in [1.29, 1.82) is 0 Å². The second-order valence-corrected chi connectivity index (χ2v) is 8.19. The van der Waals surface area contributed by atoms with Gasteiger partial charge in [0, 0.05) is 12.8 Å². The van der Waals surface area contributed by atoms with Gasteiger partial charge in [0.15, 0.2) is 9.84 Å². The van der Waals surface area contributed by atoms with Crippen LogP contribution in [0.2, 0.25) is 0 Å². The fraction of sp³-hybridized carbons (Fsp3) is 0.538. The Morgan fingerprint density at radius 3 is 2.24 bits per heavy atom. The highest BCUT2D eigenvalue weighted by atomic mass is 32.2. The van der Waals surface area contributed by atoms with Crippen LogP contribution < -0.4 is 5.32 Å². The van der Waals surface area contributed by atoms with E-state index in [2.05, 4.69) is 5.32 Å². The Hall–Kier alpha value is -1.41. The highest BCUT2D eigenvalue weighted by molar-refractivity contribution is 7.92. The maximum atomic E-state index is 12.0. The highest BCUT2D eigenvalue weighted by Crippen LogP contribution is 2.26. The van der Waals surface area contributed by atoms with Crippen LogP contribution in [0.3, 0.4) is 0 Å². The second kappa shape index (κ2) is 6.57. The van der Waals surface area contributed by atoms with Crippen LogP contribution in [0.4, 0.5) is 0 Å². The van der Waals surface area contributed by atoms with E-state index in [4.69, 9.17) is 0 Å². The molecular weight excluding hydrogens is 314 g/mol. The van der Waals surface area contributed by atoms with Gasteiger partial charge >= 0.3 is 5.97 Å². The highest BCUT2D eigenvalue weighted by Gasteiger charge is 2.35. The predicted octanol–water partition coefficient (Wildman–Crippen LogP) is 1.77. The van der Waals surface area contributed by atoms with Crippen LogP contribution in [0.1, 0.15) is 36.4 Å². The molecule has 1 amide bonds. The number of thiophene rings is 1. The first-order valence-electron chi connectivity index (χ1n) is 6.47. The van der Waals surface area contributed by atoms with Gasteiger partial charge in [0.2, 0.25) is 0 Å². The van der Waals surface area contributed by atoms with Crippen LogP contribution in [0.25, 0.3) is 0 Å². The molecule has 2 N–H and O–H groups in total. The summed E-state index contributed by atoms with van der Waals surface area (Å²) in [5, 5.41) is 11.9. The van der Waals surface area contributed by atoms with Gasteiger partial charge in [-0.1, -0.05) is 13.8 Å². The fourth-order valence-corrected chi connectivity index (χ4v) is 3.70. The molecule has 0 spiro atoms. The third-order valence-electron chi connectivity index (χ3n) is 3.57. The van der Waals surface area contributed by atoms with Crippen molar-refractivity contribution in [2.45, 2.75) is 30.9 Å². The SMILES string of the molecule is CCC(CC)(CNC(=O)c1ccc(S(C)(=O)=O)s1)C(=O)O. The van der Waals surface area contributed by atoms with Gasteiger partial charge in [-0.2, -0.15) is 0 Å². The molecule has 0 aliphatic carbocycles. The molecule has 0 saturated carbocycles. The zero-order valence-corrected chi connectivity index (χ0v) is 13.8. The molecule has 0 saturated heterocycles. The number of rotatable bonds is 7. The number of aliphatic carboxylic acids is 1. The monoisotopic (exact) mass is 333 g/mol. The Bertz CT molecular complexity index is 629. The number of carboxylic acid groups (broad SMARTS) is 1. The molecule has 0 bridgehead atoms. The average molecular weight is 333 g/mol. The molecule has 0 fully saturated rings. The van der Waals surface area contributed by atoms with Gasteiger partial charge in [-0.3, -0.25) is 9.59 Å². The minimum Gasteiger partial charge on any atom is -0.481 e. The van der Waals surface area contributed by atoms with E-state index in [0.29, 0.717) is 12.8 Å². The van der Waals surface area contributed by atoms with Gasteiger partial charge in [-0.15, -0.1) is 11.3 Å². The van der Waals surface area contributed by atoms with E-state index in [1.54, 1.807) is 13.8 Å². The Labute approximate surface area is 128 Å². The summed E-state index contributed by atoms with van der Waals surface area (Å²) in [4.78, 5) is 23.6. The molecule has 0 aliphatic rings. The van der Waals surface area contributed by atoms with Crippen LogP contribution in [0.15, 0.2) is 16.3 Å². The van der Waals surface area contributed by atoms with Crippen molar-refractivity contribution in [3.63, 3.8) is 0 Å². The largest absolute Gasteiger partial charge is 0.481 e. The lowest BCUT2D eigenvalue weighted by molar-refractivity contribution is -0.149. The van der Waals surface area contributed by atoms with Crippen LogP contribution in [0.5, 0.6) is 0 Å². The van der Waals surface area contributed by atoms with Crippen molar-refractivity contribution < 1.29 is 23.1 Å². The minimum absolute atomic E-state index is 0.0142. The number of nitrogens with one attached hydrogen (secondary N) is 1. The molecule has 1 rings (SSSR count). The molecule has 8 heteroatoms. The van der Waals surface area contributed by atoms with Crippen LogP contribution in [-0.4, -0.2) is 38.2 Å². The first kappa shape index (κ1) is 17.6. The summed E-state index contributed by atoms with van der Waals surface area (Å²) in [5.74, 6) is -1.40. The van der Waals surface area contributed by atoms with Crippen molar-refractivity contribution in [2.24, 2.45) is 5.41 Å². The van der Waals surface area contributed by atoms with Crippen LogP contribution >= 0.6 is 11.3 Å². The van der Waals surface area contributed by atoms with E-state index in [0.717, 1.165) is 17.6 Å². The van der Waals surface area contributed by atoms with Crippen molar-refractivity contribution >= 4 is 33.1 Å². The van der Waals surface area contributed by atoms with E-state index in [9.17, 15) is 23.1 Å². The van der Waals surface area contributed by atoms with Crippen molar-refractivity contribution in [3.8, 4) is 0 Å². The Morgan fingerprint density at radius 2 is 1.86 bits per heavy atom. The van der Waals surface area contributed by atoms with Crippen molar-refractivity contribution in [1.82, 2.24) is 5.32 Å². The summed E-state index contributed by atoms with van der Waals surface area (Å²) in [7, 11) is -3.34. The molecule has 21 heavy (non-hydrogen) atoms. The second-order valence-electron chi connectivity index (χ2n) is 4.87. The van der Waals surface area contributed by atoms with Gasteiger partial charge < -0.3 is 10.4 Å². The molecule has 0 radical (unpaired) electrons. The summed E-state index contributed by atoms with van der Waals surface area (Å²) < 4.78 is 22.9. The number of sulfone groups is 1. The third-order valence-corrected chi connectivity index (χ3v) is 6.47. The van der Waals surface area contributed by atoms with Crippen molar-refractivity contribution in [3.05, 3.63) is 17.0 Å². The molecule has 6 nitrogen and oxygen atoms in total. The molecule has 0 unspecified atom stereocenters. The first-order valence-corrected chi connectivity index (χ1v) is 9.18. The maximum Gasteiger partial charge on any atom is 0.311 e. The van der Waals surface area contributed by atoms with Gasteiger partial charge in [0.1, 0.15) is 4.21 Å². The van der Waals surface area contributed by atoms with E-state index < -0.39 is 27.1 Å². The summed E-state index contributed by atoms with van der Waals surface area (Å²) in [6.45, 7) is 3.54. The molecule has 0 aromatic carbocycles. The van der Waals surface area contributed by atoms with Crippen LogP contribution in [-0.2, 0) is 14.6 Å². The number of amides is 1. The third kappa shape index (κ3) is 4.04. The smallest absolute Gasteiger partial charge is 0.311 e. The number of carbonyl (C=O) groups excluding carboxylic acids is 1. The quantitative estimate of drug-likeness (QED) is 0.792. The van der Waals surface area contributed by atoms with Crippen LogP contribution in [0, 0.1) is 5.41 Å². The molecule has 118 valence electrons.